The van der Waals surface area contributed by atoms with Crippen LogP contribution in [0.1, 0.15) is 16.8 Å². The first-order chi connectivity index (χ1) is 8.16. The van der Waals surface area contributed by atoms with Crippen LogP contribution in [0, 0.1) is 0 Å². The standard InChI is InChI=1S/C12H12Cl2O3/c13-8-1-2-10(11(14)5-8)12(15)7-17-9-3-4-16-6-9/h1-2,5,9H,3-4,6-7H2. The molecule has 0 aliphatic carbocycles. The Morgan fingerprint density at radius 1 is 1.47 bits per heavy atom. The molecule has 0 aromatic heterocycles. The summed E-state index contributed by atoms with van der Waals surface area (Å²) in [4.78, 5) is 11.8. The second-order valence-electron chi connectivity index (χ2n) is 3.84. The first-order valence-electron chi connectivity index (χ1n) is 5.34. The Bertz CT molecular complexity index is 414. The van der Waals surface area contributed by atoms with Gasteiger partial charge in [-0.15, -0.1) is 0 Å². The average Bonchev–Trinajstić information content (AvgIpc) is 2.78. The second kappa shape index (κ2) is 5.83. The maximum atomic E-state index is 11.8. The molecule has 1 fully saturated rings. The summed E-state index contributed by atoms with van der Waals surface area (Å²) in [6.45, 7) is 1.28. The summed E-state index contributed by atoms with van der Waals surface area (Å²) in [5.41, 5.74) is 0.440. The van der Waals surface area contributed by atoms with E-state index in [1.54, 1.807) is 18.2 Å². The third-order valence-corrected chi connectivity index (χ3v) is 3.12. The van der Waals surface area contributed by atoms with E-state index in [0.717, 1.165) is 6.42 Å². The largest absolute Gasteiger partial charge is 0.379 e. The van der Waals surface area contributed by atoms with E-state index in [9.17, 15) is 4.79 Å². The molecule has 0 spiro atoms. The highest BCUT2D eigenvalue weighted by Crippen LogP contribution is 2.21. The van der Waals surface area contributed by atoms with Crippen molar-refractivity contribution in [3.8, 4) is 0 Å². The van der Waals surface area contributed by atoms with Gasteiger partial charge in [0.15, 0.2) is 5.78 Å². The Hall–Kier alpha value is -0.610. The molecule has 3 nitrogen and oxygen atoms in total. The third-order valence-electron chi connectivity index (χ3n) is 2.57. The predicted molar refractivity (Wildman–Crippen MR) is 66.0 cm³/mol. The minimum Gasteiger partial charge on any atom is -0.379 e. The molecule has 1 unspecified atom stereocenters. The molecule has 17 heavy (non-hydrogen) atoms. The molecular weight excluding hydrogens is 263 g/mol. The predicted octanol–water partition coefficient (Wildman–Crippen LogP) is 2.98. The number of carbonyl (C=O) groups is 1. The van der Waals surface area contributed by atoms with Crippen molar-refractivity contribution in [1.29, 1.82) is 0 Å². The molecular formula is C12H12Cl2O3. The molecule has 2 rings (SSSR count). The van der Waals surface area contributed by atoms with Crippen LogP contribution in [0.4, 0.5) is 0 Å². The Morgan fingerprint density at radius 3 is 2.94 bits per heavy atom. The van der Waals surface area contributed by atoms with Gasteiger partial charge in [0.1, 0.15) is 6.61 Å². The number of rotatable bonds is 4. The molecule has 1 heterocycles. The number of benzene rings is 1. The van der Waals surface area contributed by atoms with Crippen molar-refractivity contribution in [2.45, 2.75) is 12.5 Å². The zero-order valence-corrected chi connectivity index (χ0v) is 10.6. The molecule has 0 amide bonds. The lowest BCUT2D eigenvalue weighted by atomic mass is 10.1. The van der Waals surface area contributed by atoms with Gasteiger partial charge in [0, 0.05) is 17.2 Å². The molecule has 1 aliphatic heterocycles. The summed E-state index contributed by atoms with van der Waals surface area (Å²) in [5, 5.41) is 0.866. The topological polar surface area (TPSA) is 35.5 Å². The summed E-state index contributed by atoms with van der Waals surface area (Å²) in [6, 6.07) is 4.80. The highest BCUT2D eigenvalue weighted by atomic mass is 35.5. The lowest BCUT2D eigenvalue weighted by Gasteiger charge is -2.09. The summed E-state index contributed by atoms with van der Waals surface area (Å²) in [7, 11) is 0. The summed E-state index contributed by atoms with van der Waals surface area (Å²) < 4.78 is 10.6. The number of carbonyl (C=O) groups excluding carboxylic acids is 1. The third kappa shape index (κ3) is 3.42. The van der Waals surface area contributed by atoms with E-state index in [1.165, 1.54) is 0 Å². The van der Waals surface area contributed by atoms with Gasteiger partial charge in [-0.05, 0) is 24.6 Å². The molecule has 1 aromatic rings. The van der Waals surface area contributed by atoms with Gasteiger partial charge < -0.3 is 9.47 Å². The minimum atomic E-state index is -0.140. The van der Waals surface area contributed by atoms with Crippen LogP contribution in [0.25, 0.3) is 0 Å². The van der Waals surface area contributed by atoms with Crippen LogP contribution in [0.2, 0.25) is 10.0 Å². The summed E-state index contributed by atoms with van der Waals surface area (Å²) in [5.74, 6) is -0.140. The fourth-order valence-electron chi connectivity index (χ4n) is 1.63. The quantitative estimate of drug-likeness (QED) is 0.792. The van der Waals surface area contributed by atoms with Crippen molar-refractivity contribution in [2.75, 3.05) is 19.8 Å². The van der Waals surface area contributed by atoms with E-state index in [-0.39, 0.29) is 18.5 Å². The monoisotopic (exact) mass is 274 g/mol. The number of hydrogen-bond donors (Lipinski definition) is 0. The molecule has 1 atom stereocenters. The maximum absolute atomic E-state index is 11.8. The molecule has 5 heteroatoms. The fourth-order valence-corrected chi connectivity index (χ4v) is 2.15. The van der Waals surface area contributed by atoms with E-state index in [2.05, 4.69) is 0 Å². The number of Topliss-reactive ketones (excluding diaryl/α,β-unsaturated/α-hetero) is 1. The number of halogens is 2. The van der Waals surface area contributed by atoms with Crippen molar-refractivity contribution in [3.05, 3.63) is 33.8 Å². The number of ether oxygens (including phenoxy) is 2. The Balaban J connectivity index is 1.94. The smallest absolute Gasteiger partial charge is 0.189 e. The van der Waals surface area contributed by atoms with Gasteiger partial charge in [0.25, 0.3) is 0 Å². The maximum Gasteiger partial charge on any atom is 0.189 e. The highest BCUT2D eigenvalue weighted by molar-refractivity contribution is 6.36. The lowest BCUT2D eigenvalue weighted by Crippen LogP contribution is -2.18. The van der Waals surface area contributed by atoms with Crippen molar-refractivity contribution in [3.63, 3.8) is 0 Å². The molecule has 0 N–H and O–H groups in total. The number of ketones is 1. The molecule has 1 aliphatic rings. The normalized spacial score (nSPS) is 19.5. The van der Waals surface area contributed by atoms with E-state index >= 15 is 0 Å². The van der Waals surface area contributed by atoms with E-state index in [1.807, 2.05) is 0 Å². The Morgan fingerprint density at radius 2 is 2.29 bits per heavy atom. The van der Waals surface area contributed by atoms with Gasteiger partial charge in [-0.25, -0.2) is 0 Å². The van der Waals surface area contributed by atoms with Gasteiger partial charge >= 0.3 is 0 Å². The zero-order chi connectivity index (χ0) is 12.3. The minimum absolute atomic E-state index is 0.0185. The molecule has 0 radical (unpaired) electrons. The first kappa shape index (κ1) is 12.8. The van der Waals surface area contributed by atoms with Crippen molar-refractivity contribution in [1.82, 2.24) is 0 Å². The molecule has 1 aromatic carbocycles. The molecule has 1 saturated heterocycles. The van der Waals surface area contributed by atoms with Crippen LogP contribution in [-0.4, -0.2) is 31.7 Å². The fraction of sp³-hybridized carbons (Fsp3) is 0.417. The van der Waals surface area contributed by atoms with Crippen LogP contribution in [0.5, 0.6) is 0 Å². The molecule has 0 saturated carbocycles. The van der Waals surface area contributed by atoms with Crippen molar-refractivity contribution < 1.29 is 14.3 Å². The van der Waals surface area contributed by atoms with Crippen LogP contribution in [0.15, 0.2) is 18.2 Å². The zero-order valence-electron chi connectivity index (χ0n) is 9.12. The van der Waals surface area contributed by atoms with Crippen LogP contribution in [-0.2, 0) is 9.47 Å². The van der Waals surface area contributed by atoms with Gasteiger partial charge in [-0.3, -0.25) is 4.79 Å². The Kier molecular flexibility index (Phi) is 4.40. The highest BCUT2D eigenvalue weighted by Gasteiger charge is 2.18. The van der Waals surface area contributed by atoms with Crippen LogP contribution in [0.3, 0.4) is 0 Å². The van der Waals surface area contributed by atoms with Crippen molar-refractivity contribution in [2.24, 2.45) is 0 Å². The second-order valence-corrected chi connectivity index (χ2v) is 4.69. The van der Waals surface area contributed by atoms with Gasteiger partial charge in [0.2, 0.25) is 0 Å². The van der Waals surface area contributed by atoms with Crippen LogP contribution >= 0.6 is 23.2 Å². The van der Waals surface area contributed by atoms with Crippen molar-refractivity contribution >= 4 is 29.0 Å². The lowest BCUT2D eigenvalue weighted by molar-refractivity contribution is 0.0390. The first-order valence-corrected chi connectivity index (χ1v) is 6.10. The SMILES string of the molecule is O=C(COC1CCOC1)c1ccc(Cl)cc1Cl. The van der Waals surface area contributed by atoms with Gasteiger partial charge in [-0.1, -0.05) is 23.2 Å². The van der Waals surface area contributed by atoms with E-state index < -0.39 is 0 Å². The Labute approximate surface area is 110 Å². The average molecular weight is 275 g/mol. The van der Waals surface area contributed by atoms with Crippen LogP contribution < -0.4 is 0 Å². The number of hydrogen-bond acceptors (Lipinski definition) is 3. The molecule has 92 valence electrons. The summed E-state index contributed by atoms with van der Waals surface area (Å²) in [6.07, 6.45) is 0.853. The van der Waals surface area contributed by atoms with Gasteiger partial charge in [0.05, 0.1) is 17.7 Å². The molecule has 0 bridgehead atoms. The van der Waals surface area contributed by atoms with E-state index in [4.69, 9.17) is 32.7 Å². The van der Waals surface area contributed by atoms with Gasteiger partial charge in [-0.2, -0.15) is 0 Å². The summed E-state index contributed by atoms with van der Waals surface area (Å²) >= 11 is 11.7. The van der Waals surface area contributed by atoms with E-state index in [0.29, 0.717) is 28.8 Å².